The quantitative estimate of drug-likeness (QED) is 0.861. The molecule has 1 N–H and O–H groups in total. The highest BCUT2D eigenvalue weighted by molar-refractivity contribution is 5.69. The average Bonchev–Trinajstić information content (AvgIpc) is 2.67. The maximum atomic E-state index is 4.33. The van der Waals surface area contributed by atoms with Gasteiger partial charge >= 0.3 is 0 Å². The summed E-state index contributed by atoms with van der Waals surface area (Å²) < 4.78 is 1.95. The SMILES string of the molecule is Cc1cc2nnn(C3CC(C)(C)NC(C)(C)C3)c2nn1. The van der Waals surface area contributed by atoms with E-state index in [9.17, 15) is 0 Å². The minimum absolute atomic E-state index is 0.0722. The lowest BCUT2D eigenvalue weighted by Gasteiger charge is -2.46. The number of nitrogens with one attached hydrogen (secondary N) is 1. The molecule has 20 heavy (non-hydrogen) atoms. The summed E-state index contributed by atoms with van der Waals surface area (Å²) in [5.74, 6) is 0. The Morgan fingerprint density at radius 1 is 1.10 bits per heavy atom. The molecule has 1 saturated heterocycles. The summed E-state index contributed by atoms with van der Waals surface area (Å²) in [5.41, 5.74) is 2.63. The van der Waals surface area contributed by atoms with Crippen LogP contribution in [0.5, 0.6) is 0 Å². The zero-order valence-corrected chi connectivity index (χ0v) is 12.8. The first kappa shape index (κ1) is 13.4. The molecule has 3 rings (SSSR count). The van der Waals surface area contributed by atoms with Crippen LogP contribution in [0.1, 0.15) is 52.3 Å². The minimum atomic E-state index is 0.0722. The third-order valence-electron chi connectivity index (χ3n) is 3.86. The second-order valence-electron chi connectivity index (χ2n) is 7.18. The van der Waals surface area contributed by atoms with Crippen molar-refractivity contribution in [3.8, 4) is 0 Å². The van der Waals surface area contributed by atoms with Crippen LogP contribution in [-0.2, 0) is 0 Å². The van der Waals surface area contributed by atoms with Gasteiger partial charge < -0.3 is 5.32 Å². The van der Waals surface area contributed by atoms with E-state index >= 15 is 0 Å². The van der Waals surface area contributed by atoms with Crippen molar-refractivity contribution in [1.82, 2.24) is 30.5 Å². The molecule has 6 nitrogen and oxygen atoms in total. The maximum Gasteiger partial charge on any atom is 0.201 e. The van der Waals surface area contributed by atoms with Crippen LogP contribution in [0, 0.1) is 6.92 Å². The number of aromatic nitrogens is 5. The Morgan fingerprint density at radius 3 is 2.40 bits per heavy atom. The molecule has 3 heterocycles. The molecule has 0 saturated carbocycles. The van der Waals surface area contributed by atoms with Gasteiger partial charge in [0.05, 0.1) is 11.7 Å². The first-order chi connectivity index (χ1) is 9.26. The molecule has 1 fully saturated rings. The van der Waals surface area contributed by atoms with Crippen LogP contribution >= 0.6 is 0 Å². The molecule has 0 aliphatic carbocycles. The van der Waals surface area contributed by atoms with Crippen LogP contribution in [-0.4, -0.2) is 36.3 Å². The monoisotopic (exact) mass is 274 g/mol. The molecule has 2 aromatic rings. The van der Waals surface area contributed by atoms with Gasteiger partial charge in [-0.05, 0) is 53.5 Å². The van der Waals surface area contributed by atoms with Crippen molar-refractivity contribution in [3.63, 3.8) is 0 Å². The van der Waals surface area contributed by atoms with Gasteiger partial charge in [0.1, 0.15) is 5.52 Å². The van der Waals surface area contributed by atoms with E-state index in [1.54, 1.807) is 0 Å². The van der Waals surface area contributed by atoms with Gasteiger partial charge in [0.25, 0.3) is 0 Å². The van der Waals surface area contributed by atoms with Gasteiger partial charge in [-0.25, -0.2) is 4.68 Å². The molecule has 6 heteroatoms. The van der Waals surface area contributed by atoms with Crippen LogP contribution in [0.2, 0.25) is 0 Å². The van der Waals surface area contributed by atoms with E-state index in [1.807, 2.05) is 17.7 Å². The molecule has 108 valence electrons. The normalized spacial score (nSPS) is 22.2. The highest BCUT2D eigenvalue weighted by Gasteiger charge is 2.39. The number of nitrogens with zero attached hydrogens (tertiary/aromatic N) is 5. The Morgan fingerprint density at radius 2 is 1.75 bits per heavy atom. The van der Waals surface area contributed by atoms with E-state index in [1.165, 1.54) is 0 Å². The van der Waals surface area contributed by atoms with Gasteiger partial charge in [0.2, 0.25) is 5.65 Å². The summed E-state index contributed by atoms with van der Waals surface area (Å²) in [6.45, 7) is 10.8. The summed E-state index contributed by atoms with van der Waals surface area (Å²) in [5, 5.41) is 20.7. The molecule has 0 amide bonds. The van der Waals surface area contributed by atoms with Crippen LogP contribution in [0.3, 0.4) is 0 Å². The van der Waals surface area contributed by atoms with Crippen LogP contribution < -0.4 is 5.32 Å². The van der Waals surface area contributed by atoms with Crippen LogP contribution in [0.25, 0.3) is 11.2 Å². The first-order valence-corrected chi connectivity index (χ1v) is 7.10. The van der Waals surface area contributed by atoms with Crippen molar-refractivity contribution >= 4 is 11.2 Å². The molecule has 0 atom stereocenters. The van der Waals surface area contributed by atoms with Gasteiger partial charge in [-0.15, -0.1) is 10.2 Å². The van der Waals surface area contributed by atoms with E-state index in [0.717, 1.165) is 29.7 Å². The van der Waals surface area contributed by atoms with E-state index in [4.69, 9.17) is 0 Å². The van der Waals surface area contributed by atoms with Crippen molar-refractivity contribution in [3.05, 3.63) is 11.8 Å². The number of hydrogen-bond acceptors (Lipinski definition) is 5. The van der Waals surface area contributed by atoms with Crippen LogP contribution in [0.4, 0.5) is 0 Å². The van der Waals surface area contributed by atoms with Crippen molar-refractivity contribution < 1.29 is 0 Å². The number of hydrogen-bond donors (Lipinski definition) is 1. The van der Waals surface area contributed by atoms with Gasteiger partial charge in [0, 0.05) is 11.1 Å². The topological polar surface area (TPSA) is 68.5 Å². The van der Waals surface area contributed by atoms with Crippen molar-refractivity contribution in [2.24, 2.45) is 0 Å². The standard InChI is InChI=1S/C14H22N6/c1-9-6-11-12(17-15-9)20(19-16-11)10-7-13(2,3)18-14(4,5)8-10/h6,10,18H,7-8H2,1-5H3. The molecule has 2 aromatic heterocycles. The summed E-state index contributed by atoms with van der Waals surface area (Å²) in [7, 11) is 0. The lowest BCUT2D eigenvalue weighted by molar-refractivity contribution is 0.127. The van der Waals surface area contributed by atoms with Crippen molar-refractivity contribution in [1.29, 1.82) is 0 Å². The molecule has 0 bridgehead atoms. The number of fused-ring (bicyclic) bond motifs is 1. The van der Waals surface area contributed by atoms with Crippen LogP contribution in [0.15, 0.2) is 6.07 Å². The Balaban J connectivity index is 2.02. The molecule has 1 aliphatic rings. The number of piperidine rings is 1. The summed E-state index contributed by atoms with van der Waals surface area (Å²) >= 11 is 0. The zero-order valence-electron chi connectivity index (χ0n) is 12.8. The summed E-state index contributed by atoms with van der Waals surface area (Å²) in [6, 6.07) is 2.23. The molecule has 0 aromatic carbocycles. The highest BCUT2D eigenvalue weighted by Crippen LogP contribution is 2.36. The third kappa shape index (κ3) is 2.40. The van der Waals surface area contributed by atoms with E-state index in [0.29, 0.717) is 6.04 Å². The third-order valence-corrected chi connectivity index (χ3v) is 3.86. The fourth-order valence-corrected chi connectivity index (χ4v) is 3.53. The van der Waals surface area contributed by atoms with Gasteiger partial charge in [-0.2, -0.15) is 5.10 Å². The Bertz CT molecular complexity index is 626. The Hall–Kier alpha value is -1.56. The lowest BCUT2D eigenvalue weighted by Crippen LogP contribution is -2.58. The Kier molecular flexibility index (Phi) is 2.83. The molecule has 0 radical (unpaired) electrons. The van der Waals surface area contributed by atoms with Gasteiger partial charge in [-0.1, -0.05) is 5.21 Å². The molecular formula is C14H22N6. The smallest absolute Gasteiger partial charge is 0.201 e. The van der Waals surface area contributed by atoms with E-state index in [2.05, 4.69) is 53.5 Å². The number of aryl methyl sites for hydroxylation is 1. The fraction of sp³-hybridized carbons (Fsp3) is 0.714. The maximum absolute atomic E-state index is 4.33. The second kappa shape index (κ2) is 4.22. The highest BCUT2D eigenvalue weighted by atomic mass is 15.5. The van der Waals surface area contributed by atoms with E-state index < -0.39 is 0 Å². The second-order valence-corrected chi connectivity index (χ2v) is 7.18. The van der Waals surface area contributed by atoms with Crippen molar-refractivity contribution in [2.45, 2.75) is 64.6 Å². The molecule has 0 unspecified atom stereocenters. The predicted molar refractivity (Wildman–Crippen MR) is 77.4 cm³/mol. The predicted octanol–water partition coefficient (Wildman–Crippen LogP) is 2.01. The zero-order chi connectivity index (χ0) is 14.5. The average molecular weight is 274 g/mol. The fourth-order valence-electron chi connectivity index (χ4n) is 3.53. The Labute approximate surface area is 119 Å². The van der Waals surface area contributed by atoms with Gasteiger partial charge in [-0.3, -0.25) is 0 Å². The van der Waals surface area contributed by atoms with Gasteiger partial charge in [0.15, 0.2) is 0 Å². The summed E-state index contributed by atoms with van der Waals surface area (Å²) in [4.78, 5) is 0. The minimum Gasteiger partial charge on any atom is -0.307 e. The lowest BCUT2D eigenvalue weighted by atomic mass is 9.80. The molecule has 0 spiro atoms. The molecular weight excluding hydrogens is 252 g/mol. The largest absolute Gasteiger partial charge is 0.307 e. The number of rotatable bonds is 1. The molecule has 1 aliphatic heterocycles. The summed E-state index contributed by atoms with van der Waals surface area (Å²) in [6.07, 6.45) is 2.01. The first-order valence-electron chi connectivity index (χ1n) is 7.10. The van der Waals surface area contributed by atoms with E-state index in [-0.39, 0.29) is 11.1 Å². The van der Waals surface area contributed by atoms with Crippen molar-refractivity contribution in [2.75, 3.05) is 0 Å².